The number of alkyl halides is 3. The number of aryl methyl sites for hydroxylation is 1. The number of ketones is 1. The van der Waals surface area contributed by atoms with E-state index in [1.807, 2.05) is 44.2 Å². The summed E-state index contributed by atoms with van der Waals surface area (Å²) in [6.45, 7) is 4.45. The number of hydrogen-bond donors (Lipinski definition) is 0. The molecule has 2 aromatic carbocycles. The SMILES string of the molecule is CCC(=O)c1cccc2c1CCN2c1cc(Cc2cccc(C(F)(F)F)c2)cc(C)n1. The summed E-state index contributed by atoms with van der Waals surface area (Å²) in [5.74, 6) is 0.878. The number of rotatable bonds is 5. The third-order valence-electron chi connectivity index (χ3n) is 5.59. The molecule has 0 spiro atoms. The van der Waals surface area contributed by atoms with E-state index < -0.39 is 11.7 Å². The Kier molecular flexibility index (Phi) is 5.56. The Labute approximate surface area is 179 Å². The molecule has 3 aromatic rings. The van der Waals surface area contributed by atoms with E-state index in [1.165, 1.54) is 12.1 Å². The molecule has 1 aromatic heterocycles. The van der Waals surface area contributed by atoms with E-state index in [4.69, 9.17) is 0 Å². The van der Waals surface area contributed by atoms with Crippen LogP contribution in [0.5, 0.6) is 0 Å². The number of anilines is 2. The maximum atomic E-state index is 13.1. The number of fused-ring (bicyclic) bond motifs is 1. The molecular formula is C25H23F3N2O. The van der Waals surface area contributed by atoms with Crippen LogP contribution in [0.1, 0.15) is 51.7 Å². The van der Waals surface area contributed by atoms with Gasteiger partial charge in [-0.2, -0.15) is 13.2 Å². The van der Waals surface area contributed by atoms with Crippen LogP contribution in [0.4, 0.5) is 24.7 Å². The zero-order valence-electron chi connectivity index (χ0n) is 17.5. The molecule has 0 saturated heterocycles. The second-order valence-electron chi connectivity index (χ2n) is 7.83. The predicted octanol–water partition coefficient (Wildman–Crippen LogP) is 6.29. The van der Waals surface area contributed by atoms with Crippen LogP contribution in [-0.2, 0) is 19.0 Å². The highest BCUT2D eigenvalue weighted by molar-refractivity contribution is 5.99. The molecule has 3 nitrogen and oxygen atoms in total. The standard InChI is InChI=1S/C25H23F3N2O/c1-3-23(31)21-8-5-9-22-20(21)10-11-30(22)24-15-18(12-16(2)29-24)13-17-6-4-7-19(14-17)25(26,27)28/h4-9,12,14-15H,3,10-11,13H2,1-2H3. The maximum Gasteiger partial charge on any atom is 0.416 e. The zero-order chi connectivity index (χ0) is 22.2. The lowest BCUT2D eigenvalue weighted by Crippen LogP contribution is -2.15. The van der Waals surface area contributed by atoms with Gasteiger partial charge >= 0.3 is 6.18 Å². The van der Waals surface area contributed by atoms with Gasteiger partial charge in [-0.25, -0.2) is 4.98 Å². The van der Waals surface area contributed by atoms with E-state index in [2.05, 4.69) is 9.88 Å². The largest absolute Gasteiger partial charge is 0.416 e. The smallest absolute Gasteiger partial charge is 0.326 e. The minimum absolute atomic E-state index is 0.126. The maximum absolute atomic E-state index is 13.1. The minimum atomic E-state index is -4.36. The Morgan fingerprint density at radius 3 is 2.58 bits per heavy atom. The van der Waals surface area contributed by atoms with Crippen LogP contribution in [0.15, 0.2) is 54.6 Å². The van der Waals surface area contributed by atoms with E-state index in [0.29, 0.717) is 24.9 Å². The minimum Gasteiger partial charge on any atom is -0.326 e. The summed E-state index contributed by atoms with van der Waals surface area (Å²) in [6, 6.07) is 15.0. The topological polar surface area (TPSA) is 33.2 Å². The number of hydrogen-bond acceptors (Lipinski definition) is 3. The van der Waals surface area contributed by atoms with Crippen molar-refractivity contribution in [2.24, 2.45) is 0 Å². The highest BCUT2D eigenvalue weighted by Gasteiger charge is 2.30. The second kappa shape index (κ2) is 8.17. The molecule has 0 radical (unpaired) electrons. The summed E-state index contributed by atoms with van der Waals surface area (Å²) in [5, 5.41) is 0. The Balaban J connectivity index is 1.66. The van der Waals surface area contributed by atoms with Crippen molar-refractivity contribution in [3.63, 3.8) is 0 Å². The number of Topliss-reactive ketones (excluding diaryl/α,β-unsaturated/α-hetero) is 1. The van der Waals surface area contributed by atoms with Gasteiger partial charge < -0.3 is 4.90 Å². The molecule has 0 saturated carbocycles. The van der Waals surface area contributed by atoms with Crippen molar-refractivity contribution in [3.8, 4) is 0 Å². The summed E-state index contributed by atoms with van der Waals surface area (Å²) in [5.41, 5.74) is 4.44. The molecule has 0 atom stereocenters. The van der Waals surface area contributed by atoms with Crippen molar-refractivity contribution in [1.29, 1.82) is 0 Å². The second-order valence-corrected chi connectivity index (χ2v) is 7.83. The summed E-state index contributed by atoms with van der Waals surface area (Å²) in [4.78, 5) is 19.1. The quantitative estimate of drug-likeness (QED) is 0.452. The lowest BCUT2D eigenvalue weighted by molar-refractivity contribution is -0.137. The van der Waals surface area contributed by atoms with Gasteiger partial charge in [0.25, 0.3) is 0 Å². The number of halogens is 3. The van der Waals surface area contributed by atoms with Crippen molar-refractivity contribution < 1.29 is 18.0 Å². The molecule has 0 amide bonds. The molecule has 31 heavy (non-hydrogen) atoms. The highest BCUT2D eigenvalue weighted by atomic mass is 19.4. The van der Waals surface area contributed by atoms with Gasteiger partial charge in [-0.3, -0.25) is 4.79 Å². The van der Waals surface area contributed by atoms with Crippen LogP contribution in [0.25, 0.3) is 0 Å². The van der Waals surface area contributed by atoms with Crippen molar-refractivity contribution in [2.75, 3.05) is 11.4 Å². The molecule has 0 bridgehead atoms. The van der Waals surface area contributed by atoms with Gasteiger partial charge in [-0.05, 0) is 60.7 Å². The van der Waals surface area contributed by atoms with Gasteiger partial charge in [-0.1, -0.05) is 37.3 Å². The Morgan fingerprint density at radius 2 is 1.84 bits per heavy atom. The first-order valence-electron chi connectivity index (χ1n) is 10.3. The van der Waals surface area contributed by atoms with Crippen LogP contribution < -0.4 is 4.90 Å². The molecule has 2 heterocycles. The van der Waals surface area contributed by atoms with Gasteiger partial charge in [0.15, 0.2) is 5.78 Å². The molecule has 4 rings (SSSR count). The summed E-state index contributed by atoms with van der Waals surface area (Å²) in [6.07, 6.45) is -2.76. The highest BCUT2D eigenvalue weighted by Crippen LogP contribution is 2.37. The first-order chi connectivity index (χ1) is 14.8. The first-order valence-corrected chi connectivity index (χ1v) is 10.3. The molecule has 6 heteroatoms. The Bertz CT molecular complexity index is 1140. The van der Waals surface area contributed by atoms with Crippen LogP contribution in [0.2, 0.25) is 0 Å². The zero-order valence-corrected chi connectivity index (χ0v) is 17.5. The monoisotopic (exact) mass is 424 g/mol. The van der Waals surface area contributed by atoms with Crippen LogP contribution in [0.3, 0.4) is 0 Å². The average molecular weight is 424 g/mol. The molecule has 160 valence electrons. The molecule has 1 aliphatic heterocycles. The molecule has 0 unspecified atom stereocenters. The number of aromatic nitrogens is 1. The van der Waals surface area contributed by atoms with Crippen molar-refractivity contribution in [2.45, 2.75) is 39.3 Å². The van der Waals surface area contributed by atoms with Crippen molar-refractivity contribution in [3.05, 3.63) is 88.1 Å². The molecular weight excluding hydrogens is 401 g/mol. The summed E-state index contributed by atoms with van der Waals surface area (Å²) in [7, 11) is 0. The van der Waals surface area contributed by atoms with Gasteiger partial charge in [0.05, 0.1) is 5.56 Å². The van der Waals surface area contributed by atoms with Crippen molar-refractivity contribution >= 4 is 17.3 Å². The fraction of sp³-hybridized carbons (Fsp3) is 0.280. The number of pyridine rings is 1. The van der Waals surface area contributed by atoms with Crippen molar-refractivity contribution in [1.82, 2.24) is 4.98 Å². The first kappa shape index (κ1) is 21.1. The lowest BCUT2D eigenvalue weighted by Gasteiger charge is -2.20. The molecule has 1 aliphatic rings. The molecule has 0 N–H and O–H groups in total. The predicted molar refractivity (Wildman–Crippen MR) is 115 cm³/mol. The average Bonchev–Trinajstić information content (AvgIpc) is 3.16. The van der Waals surface area contributed by atoms with Gasteiger partial charge in [0.1, 0.15) is 5.82 Å². The number of carbonyl (C=O) groups is 1. The lowest BCUT2D eigenvalue weighted by atomic mass is 10.00. The third kappa shape index (κ3) is 4.33. The van der Waals surface area contributed by atoms with Gasteiger partial charge in [-0.15, -0.1) is 0 Å². The summed E-state index contributed by atoms with van der Waals surface area (Å²) < 4.78 is 39.2. The number of benzene rings is 2. The van der Waals surface area contributed by atoms with E-state index in [0.717, 1.165) is 46.4 Å². The third-order valence-corrected chi connectivity index (χ3v) is 5.59. The van der Waals surface area contributed by atoms with E-state index in [1.54, 1.807) is 6.07 Å². The Morgan fingerprint density at radius 1 is 1.06 bits per heavy atom. The molecule has 0 aliphatic carbocycles. The Hall–Kier alpha value is -3.15. The fourth-order valence-electron chi connectivity index (χ4n) is 4.18. The fourth-order valence-corrected chi connectivity index (χ4v) is 4.18. The summed E-state index contributed by atoms with van der Waals surface area (Å²) >= 11 is 0. The van der Waals surface area contributed by atoms with Gasteiger partial charge in [0, 0.05) is 29.9 Å². The number of nitrogens with zero attached hydrogens (tertiary/aromatic N) is 2. The van der Waals surface area contributed by atoms with E-state index in [9.17, 15) is 18.0 Å². The normalized spacial score (nSPS) is 13.4. The van der Waals surface area contributed by atoms with Crippen LogP contribution >= 0.6 is 0 Å². The van der Waals surface area contributed by atoms with E-state index >= 15 is 0 Å². The molecule has 0 fully saturated rings. The van der Waals surface area contributed by atoms with E-state index in [-0.39, 0.29) is 5.78 Å². The number of carbonyl (C=O) groups excluding carboxylic acids is 1. The van der Waals surface area contributed by atoms with Crippen LogP contribution in [0, 0.1) is 6.92 Å². The van der Waals surface area contributed by atoms with Crippen LogP contribution in [-0.4, -0.2) is 17.3 Å². The van der Waals surface area contributed by atoms with Gasteiger partial charge in [0.2, 0.25) is 0 Å².